The van der Waals surface area contributed by atoms with E-state index >= 15 is 0 Å². The molecule has 1 aliphatic heterocycles. The van der Waals surface area contributed by atoms with Crippen molar-refractivity contribution >= 4 is 29.1 Å². The smallest absolute Gasteiger partial charge is 0.257 e. The molecule has 120 valence electrons. The minimum absolute atomic E-state index is 0.0209. The molecule has 0 atom stereocenters. The van der Waals surface area contributed by atoms with Crippen molar-refractivity contribution in [1.29, 1.82) is 0 Å². The number of benzene rings is 1. The van der Waals surface area contributed by atoms with Crippen molar-refractivity contribution in [1.82, 2.24) is 19.8 Å². The van der Waals surface area contributed by atoms with Crippen molar-refractivity contribution in [3.63, 3.8) is 0 Å². The van der Waals surface area contributed by atoms with Crippen LogP contribution in [-0.4, -0.2) is 58.9 Å². The lowest BCUT2D eigenvalue weighted by Gasteiger charge is -2.32. The lowest BCUT2D eigenvalue weighted by Crippen LogP contribution is -2.47. The molecule has 1 aromatic heterocycles. The molecule has 0 saturated carbocycles. The number of nitrogens with zero attached hydrogens (tertiary/aromatic N) is 4. The number of likely N-dealkylation sites (N-methyl/N-ethyl adjacent to an activating group) is 1. The average molecular weight is 332 g/mol. The van der Waals surface area contributed by atoms with E-state index in [0.717, 1.165) is 31.9 Å². The Morgan fingerprint density at radius 3 is 2.52 bits per heavy atom. The Labute approximate surface area is 140 Å². The molecule has 7 heteroatoms. The van der Waals surface area contributed by atoms with Crippen LogP contribution in [0.1, 0.15) is 10.4 Å². The van der Waals surface area contributed by atoms with Gasteiger partial charge in [-0.05, 0) is 25.2 Å². The number of amides is 1. The highest BCUT2D eigenvalue weighted by atomic mass is 35.5. The molecule has 6 nitrogen and oxygen atoms in total. The second-order valence-corrected chi connectivity index (χ2v) is 5.96. The van der Waals surface area contributed by atoms with Gasteiger partial charge in [0.25, 0.3) is 5.91 Å². The molecule has 0 radical (unpaired) electrons. The molecule has 1 aromatic carbocycles. The summed E-state index contributed by atoms with van der Waals surface area (Å²) in [6.07, 6.45) is 3.11. The number of hydrogen-bond donors (Lipinski definition) is 1. The third kappa shape index (κ3) is 3.97. The highest BCUT2D eigenvalue weighted by molar-refractivity contribution is 6.30. The fourth-order valence-corrected chi connectivity index (χ4v) is 2.58. The number of rotatable bonds is 3. The lowest BCUT2D eigenvalue weighted by atomic mass is 10.2. The van der Waals surface area contributed by atoms with Crippen molar-refractivity contribution < 1.29 is 4.79 Å². The monoisotopic (exact) mass is 331 g/mol. The van der Waals surface area contributed by atoms with Crippen molar-refractivity contribution in [2.75, 3.05) is 38.5 Å². The first-order valence-corrected chi connectivity index (χ1v) is 7.82. The van der Waals surface area contributed by atoms with E-state index in [2.05, 4.69) is 27.2 Å². The van der Waals surface area contributed by atoms with Crippen LogP contribution in [0.3, 0.4) is 0 Å². The van der Waals surface area contributed by atoms with Crippen LogP contribution < -0.4 is 5.32 Å². The van der Waals surface area contributed by atoms with Crippen LogP contribution in [0.15, 0.2) is 36.7 Å². The number of anilines is 2. The zero-order chi connectivity index (χ0) is 16.2. The molecule has 1 aliphatic rings. The Bertz CT molecular complexity index is 683. The Hall–Kier alpha value is -2.18. The Morgan fingerprint density at radius 2 is 1.87 bits per heavy atom. The number of nitrogens with one attached hydrogen (secondary N) is 1. The van der Waals surface area contributed by atoms with Crippen LogP contribution in [0.25, 0.3) is 0 Å². The number of aromatic nitrogens is 2. The maximum Gasteiger partial charge on any atom is 0.257 e. The molecule has 0 unspecified atom stereocenters. The summed E-state index contributed by atoms with van der Waals surface area (Å²) in [5.74, 6) is 0.412. The third-order valence-corrected chi connectivity index (χ3v) is 4.01. The predicted molar refractivity (Wildman–Crippen MR) is 90.2 cm³/mol. The first-order valence-electron chi connectivity index (χ1n) is 7.44. The van der Waals surface area contributed by atoms with E-state index in [1.807, 2.05) is 17.0 Å². The van der Waals surface area contributed by atoms with Gasteiger partial charge in [-0.2, -0.15) is 0 Å². The van der Waals surface area contributed by atoms with Gasteiger partial charge < -0.3 is 15.1 Å². The number of halogens is 1. The Morgan fingerprint density at radius 1 is 1.17 bits per heavy atom. The molecule has 3 rings (SSSR count). The zero-order valence-corrected chi connectivity index (χ0v) is 13.6. The van der Waals surface area contributed by atoms with Crippen molar-refractivity contribution in [3.8, 4) is 0 Å². The topological polar surface area (TPSA) is 61.4 Å². The highest BCUT2D eigenvalue weighted by Crippen LogP contribution is 2.18. The van der Waals surface area contributed by atoms with Crippen molar-refractivity contribution in [2.24, 2.45) is 0 Å². The molecular weight excluding hydrogens is 314 g/mol. The number of piperazine rings is 1. The van der Waals surface area contributed by atoms with Crippen LogP contribution in [-0.2, 0) is 0 Å². The predicted octanol–water partition coefficient (Wildman–Crippen LogP) is 2.26. The van der Waals surface area contributed by atoms with Crippen LogP contribution in [0.5, 0.6) is 0 Å². The fraction of sp³-hybridized carbons (Fsp3) is 0.312. The van der Waals surface area contributed by atoms with Gasteiger partial charge in [0.2, 0.25) is 5.95 Å². The maximum absolute atomic E-state index is 12.4. The van der Waals surface area contributed by atoms with E-state index in [-0.39, 0.29) is 5.91 Å². The highest BCUT2D eigenvalue weighted by Gasteiger charge is 2.20. The van der Waals surface area contributed by atoms with Crippen LogP contribution in [0.4, 0.5) is 11.6 Å². The van der Waals surface area contributed by atoms with Crippen LogP contribution in [0, 0.1) is 0 Å². The van der Waals surface area contributed by atoms with Gasteiger partial charge in [-0.15, -0.1) is 0 Å². The van der Waals surface area contributed by atoms with Crippen LogP contribution >= 0.6 is 11.6 Å². The lowest BCUT2D eigenvalue weighted by molar-refractivity contribution is 0.0663. The minimum atomic E-state index is -0.0209. The number of carbonyl (C=O) groups is 1. The first kappa shape index (κ1) is 15.7. The summed E-state index contributed by atoms with van der Waals surface area (Å²) in [4.78, 5) is 24.9. The minimum Gasteiger partial charge on any atom is -0.336 e. The Kier molecular flexibility index (Phi) is 4.73. The van der Waals surface area contributed by atoms with E-state index in [1.54, 1.807) is 24.5 Å². The molecule has 2 heterocycles. The SMILES string of the molecule is CN1CCN(C(=O)c2cnc(Nc3cccc(Cl)c3)nc2)CC1. The van der Waals surface area contributed by atoms with Gasteiger partial charge in [0.05, 0.1) is 5.56 Å². The van der Waals surface area contributed by atoms with Gasteiger partial charge in [-0.25, -0.2) is 9.97 Å². The maximum atomic E-state index is 12.4. The molecule has 2 aromatic rings. The van der Waals surface area contributed by atoms with E-state index in [1.165, 1.54) is 0 Å². The van der Waals surface area contributed by atoms with Gasteiger partial charge >= 0.3 is 0 Å². The van der Waals surface area contributed by atoms with Crippen molar-refractivity contribution in [2.45, 2.75) is 0 Å². The summed E-state index contributed by atoms with van der Waals surface area (Å²) in [5, 5.41) is 3.69. The average Bonchev–Trinajstić information content (AvgIpc) is 2.56. The summed E-state index contributed by atoms with van der Waals surface area (Å²) in [6.45, 7) is 3.25. The van der Waals surface area contributed by atoms with Crippen LogP contribution in [0.2, 0.25) is 5.02 Å². The van der Waals surface area contributed by atoms with Gasteiger partial charge in [0.15, 0.2) is 0 Å². The van der Waals surface area contributed by atoms with Gasteiger partial charge in [0.1, 0.15) is 0 Å². The van der Waals surface area contributed by atoms with Gasteiger partial charge in [0, 0.05) is 49.3 Å². The summed E-state index contributed by atoms with van der Waals surface area (Å²) < 4.78 is 0. The number of carbonyl (C=O) groups excluding carboxylic acids is 1. The molecule has 1 N–H and O–H groups in total. The molecule has 23 heavy (non-hydrogen) atoms. The molecular formula is C16H18ClN5O. The molecule has 0 aliphatic carbocycles. The molecule has 0 spiro atoms. The third-order valence-electron chi connectivity index (χ3n) is 3.77. The Balaban J connectivity index is 1.66. The standard InChI is InChI=1S/C16H18ClN5O/c1-21-5-7-22(8-6-21)15(23)12-10-18-16(19-11-12)20-14-4-2-3-13(17)9-14/h2-4,9-11H,5-8H2,1H3,(H,18,19,20). The normalized spacial score (nSPS) is 15.5. The largest absolute Gasteiger partial charge is 0.336 e. The fourth-order valence-electron chi connectivity index (χ4n) is 2.39. The molecule has 1 amide bonds. The van der Waals surface area contributed by atoms with E-state index in [4.69, 9.17) is 11.6 Å². The summed E-state index contributed by atoms with van der Waals surface area (Å²) >= 11 is 5.94. The number of hydrogen-bond acceptors (Lipinski definition) is 5. The van der Waals surface area contributed by atoms with E-state index in [0.29, 0.717) is 16.5 Å². The first-order chi connectivity index (χ1) is 11.1. The molecule has 1 fully saturated rings. The van der Waals surface area contributed by atoms with Crippen molar-refractivity contribution in [3.05, 3.63) is 47.2 Å². The van der Waals surface area contributed by atoms with Gasteiger partial charge in [-0.3, -0.25) is 4.79 Å². The summed E-state index contributed by atoms with van der Waals surface area (Å²) in [6, 6.07) is 7.30. The molecule has 0 bridgehead atoms. The summed E-state index contributed by atoms with van der Waals surface area (Å²) in [5.41, 5.74) is 1.31. The second-order valence-electron chi connectivity index (χ2n) is 5.53. The van der Waals surface area contributed by atoms with E-state index < -0.39 is 0 Å². The van der Waals surface area contributed by atoms with E-state index in [9.17, 15) is 4.79 Å². The summed E-state index contributed by atoms with van der Waals surface area (Å²) in [7, 11) is 2.06. The second kappa shape index (κ2) is 6.93. The quantitative estimate of drug-likeness (QED) is 0.934. The zero-order valence-electron chi connectivity index (χ0n) is 12.9. The molecule has 1 saturated heterocycles. The van der Waals surface area contributed by atoms with Gasteiger partial charge in [-0.1, -0.05) is 17.7 Å².